The van der Waals surface area contributed by atoms with Gasteiger partial charge in [-0.05, 0) is 30.7 Å². The van der Waals surface area contributed by atoms with E-state index in [9.17, 15) is 9.00 Å². The van der Waals surface area contributed by atoms with Gasteiger partial charge in [0.25, 0.3) is 0 Å². The molecule has 7 heteroatoms. The molecule has 1 N–H and O–H groups in total. The van der Waals surface area contributed by atoms with Crippen molar-refractivity contribution in [3.63, 3.8) is 0 Å². The summed E-state index contributed by atoms with van der Waals surface area (Å²) in [7, 11) is -2.22. The first-order valence-electron chi connectivity index (χ1n) is 6.38. The molecule has 1 amide bonds. The molecule has 6 nitrogen and oxygen atoms in total. The Morgan fingerprint density at radius 1 is 1.43 bits per heavy atom. The van der Waals surface area contributed by atoms with Crippen molar-refractivity contribution in [2.24, 2.45) is 4.36 Å². The number of benzene rings is 1. The van der Waals surface area contributed by atoms with Gasteiger partial charge in [-0.2, -0.15) is 9.46 Å². The largest absolute Gasteiger partial charge is 0.324 e. The standard InChI is InChI=1S/C14H18N4O2S/c1-11-8-15-18(9-11)10-14(19)16-12-5-4-6-13(7-12)17-21(2,3)20/h4-9H,10H2,1-3H3,(H,16,19). The quantitative estimate of drug-likeness (QED) is 0.940. The Bertz CT molecular complexity index is 765. The molecule has 0 aliphatic heterocycles. The second-order valence-corrected chi connectivity index (χ2v) is 7.63. The van der Waals surface area contributed by atoms with E-state index in [2.05, 4.69) is 14.8 Å². The maximum Gasteiger partial charge on any atom is 0.246 e. The second kappa shape index (κ2) is 6.09. The monoisotopic (exact) mass is 306 g/mol. The molecule has 0 aliphatic carbocycles. The Hall–Kier alpha value is -2.15. The summed E-state index contributed by atoms with van der Waals surface area (Å²) in [6, 6.07) is 6.97. The van der Waals surface area contributed by atoms with E-state index in [1.807, 2.05) is 6.92 Å². The number of nitrogens with zero attached hydrogens (tertiary/aromatic N) is 3. The number of amides is 1. The highest BCUT2D eigenvalue weighted by Crippen LogP contribution is 2.19. The summed E-state index contributed by atoms with van der Waals surface area (Å²) in [6.45, 7) is 2.06. The third-order valence-electron chi connectivity index (χ3n) is 2.52. The number of anilines is 1. The molecule has 1 aromatic carbocycles. The maximum absolute atomic E-state index is 11.9. The van der Waals surface area contributed by atoms with Crippen LogP contribution in [0.15, 0.2) is 41.0 Å². The number of hydrogen-bond acceptors (Lipinski definition) is 4. The molecule has 0 radical (unpaired) electrons. The fourth-order valence-corrected chi connectivity index (χ4v) is 2.42. The summed E-state index contributed by atoms with van der Waals surface area (Å²) < 4.78 is 17.3. The molecular weight excluding hydrogens is 288 g/mol. The highest BCUT2D eigenvalue weighted by atomic mass is 32.2. The molecule has 2 aromatic rings. The van der Waals surface area contributed by atoms with Crippen LogP contribution in [-0.4, -0.2) is 32.4 Å². The number of carbonyl (C=O) groups excluding carboxylic acids is 1. The Balaban J connectivity index is 2.08. The van der Waals surface area contributed by atoms with E-state index in [0.29, 0.717) is 11.4 Å². The van der Waals surface area contributed by atoms with Gasteiger partial charge in [0.05, 0.1) is 11.9 Å². The molecule has 0 bridgehead atoms. The topological polar surface area (TPSA) is 76.3 Å². The molecule has 0 saturated carbocycles. The Morgan fingerprint density at radius 3 is 2.81 bits per heavy atom. The van der Waals surface area contributed by atoms with Crippen molar-refractivity contribution in [2.75, 3.05) is 17.8 Å². The van der Waals surface area contributed by atoms with Gasteiger partial charge in [-0.15, -0.1) is 0 Å². The number of carbonyl (C=O) groups is 1. The van der Waals surface area contributed by atoms with Crippen molar-refractivity contribution in [1.82, 2.24) is 9.78 Å². The van der Waals surface area contributed by atoms with E-state index in [0.717, 1.165) is 5.56 Å². The first kappa shape index (κ1) is 15.2. The van der Waals surface area contributed by atoms with Crippen LogP contribution >= 0.6 is 0 Å². The van der Waals surface area contributed by atoms with Gasteiger partial charge in [0.2, 0.25) is 5.91 Å². The maximum atomic E-state index is 11.9. The summed E-state index contributed by atoms with van der Waals surface area (Å²) in [4.78, 5) is 11.9. The average Bonchev–Trinajstić information content (AvgIpc) is 2.72. The van der Waals surface area contributed by atoms with Gasteiger partial charge in [0.1, 0.15) is 6.54 Å². The van der Waals surface area contributed by atoms with Crippen molar-refractivity contribution in [2.45, 2.75) is 13.5 Å². The van der Waals surface area contributed by atoms with Crippen molar-refractivity contribution in [3.8, 4) is 0 Å². The van der Waals surface area contributed by atoms with Crippen LogP contribution in [0, 0.1) is 6.92 Å². The van der Waals surface area contributed by atoms with E-state index >= 15 is 0 Å². The van der Waals surface area contributed by atoms with Crippen LogP contribution < -0.4 is 5.32 Å². The lowest BCUT2D eigenvalue weighted by atomic mass is 10.3. The molecule has 1 aromatic heterocycles. The molecule has 2 rings (SSSR count). The minimum Gasteiger partial charge on any atom is -0.324 e. The third kappa shape index (κ3) is 5.03. The summed E-state index contributed by atoms with van der Waals surface area (Å²) in [6.07, 6.45) is 6.64. The lowest BCUT2D eigenvalue weighted by Crippen LogP contribution is -2.18. The zero-order valence-electron chi connectivity index (χ0n) is 12.2. The molecule has 0 aliphatic rings. The predicted molar refractivity (Wildman–Crippen MR) is 84.1 cm³/mol. The highest BCUT2D eigenvalue weighted by molar-refractivity contribution is 7.92. The minimum atomic E-state index is -2.22. The zero-order chi connectivity index (χ0) is 15.5. The van der Waals surface area contributed by atoms with Crippen molar-refractivity contribution < 1.29 is 9.00 Å². The lowest BCUT2D eigenvalue weighted by molar-refractivity contribution is -0.116. The number of aromatic nitrogens is 2. The summed E-state index contributed by atoms with van der Waals surface area (Å²) in [5.41, 5.74) is 2.20. The number of nitrogens with one attached hydrogen (secondary N) is 1. The van der Waals surface area contributed by atoms with Gasteiger partial charge in [0.15, 0.2) is 0 Å². The SMILES string of the molecule is Cc1cnn(CC(=O)Nc2cccc(N=S(C)(C)=O)c2)c1. The lowest BCUT2D eigenvalue weighted by Gasteiger charge is -2.06. The van der Waals surface area contributed by atoms with Crippen molar-refractivity contribution in [3.05, 3.63) is 42.2 Å². The molecular formula is C14H18N4O2S. The normalized spacial score (nSPS) is 11.2. The number of hydrogen-bond donors (Lipinski definition) is 1. The second-order valence-electron chi connectivity index (χ2n) is 5.09. The van der Waals surface area contributed by atoms with Crippen LogP contribution in [0.1, 0.15) is 5.56 Å². The molecule has 0 atom stereocenters. The number of aryl methyl sites for hydroxylation is 1. The first-order chi connectivity index (χ1) is 9.82. The van der Waals surface area contributed by atoms with Gasteiger partial charge in [0, 0.05) is 34.1 Å². The summed E-state index contributed by atoms with van der Waals surface area (Å²) >= 11 is 0. The molecule has 0 saturated heterocycles. The van der Waals surface area contributed by atoms with Crippen molar-refractivity contribution >= 4 is 27.0 Å². The molecule has 0 unspecified atom stereocenters. The smallest absolute Gasteiger partial charge is 0.246 e. The fraction of sp³-hybridized carbons (Fsp3) is 0.286. The molecule has 112 valence electrons. The highest BCUT2D eigenvalue weighted by Gasteiger charge is 2.05. The molecule has 21 heavy (non-hydrogen) atoms. The van der Waals surface area contributed by atoms with Crippen LogP contribution in [0.3, 0.4) is 0 Å². The van der Waals surface area contributed by atoms with E-state index < -0.39 is 9.73 Å². The van der Waals surface area contributed by atoms with E-state index in [-0.39, 0.29) is 12.5 Å². The van der Waals surface area contributed by atoms with E-state index in [4.69, 9.17) is 0 Å². The minimum absolute atomic E-state index is 0.146. The molecule has 0 fully saturated rings. The van der Waals surface area contributed by atoms with Crippen LogP contribution in [-0.2, 0) is 21.1 Å². The van der Waals surface area contributed by atoms with Crippen molar-refractivity contribution in [1.29, 1.82) is 0 Å². The Kier molecular flexibility index (Phi) is 4.42. The third-order valence-corrected chi connectivity index (χ3v) is 3.17. The van der Waals surface area contributed by atoms with Crippen LogP contribution in [0.4, 0.5) is 11.4 Å². The molecule has 0 spiro atoms. The van der Waals surface area contributed by atoms with Crippen LogP contribution in [0.25, 0.3) is 0 Å². The van der Waals surface area contributed by atoms with Crippen LogP contribution in [0.5, 0.6) is 0 Å². The van der Waals surface area contributed by atoms with Gasteiger partial charge >= 0.3 is 0 Å². The van der Waals surface area contributed by atoms with E-state index in [1.165, 1.54) is 0 Å². The fourth-order valence-electron chi connectivity index (χ4n) is 1.80. The van der Waals surface area contributed by atoms with Gasteiger partial charge < -0.3 is 5.32 Å². The molecule has 1 heterocycles. The van der Waals surface area contributed by atoms with Gasteiger partial charge in [-0.1, -0.05) is 6.07 Å². The van der Waals surface area contributed by atoms with E-state index in [1.54, 1.807) is 53.9 Å². The summed E-state index contributed by atoms with van der Waals surface area (Å²) in [5.74, 6) is -0.177. The summed E-state index contributed by atoms with van der Waals surface area (Å²) in [5, 5.41) is 6.84. The van der Waals surface area contributed by atoms with Crippen LogP contribution in [0.2, 0.25) is 0 Å². The Morgan fingerprint density at radius 2 is 2.19 bits per heavy atom. The zero-order valence-corrected chi connectivity index (χ0v) is 13.1. The average molecular weight is 306 g/mol. The predicted octanol–water partition coefficient (Wildman–Crippen LogP) is 2.19. The van der Waals surface area contributed by atoms with Gasteiger partial charge in [-0.25, -0.2) is 4.21 Å². The number of rotatable bonds is 4. The Labute approximate surface area is 124 Å². The van der Waals surface area contributed by atoms with Gasteiger partial charge in [-0.3, -0.25) is 9.48 Å². The first-order valence-corrected chi connectivity index (χ1v) is 8.71.